The highest BCUT2D eigenvalue weighted by molar-refractivity contribution is 7.00. The number of aromatic nitrogens is 3. The molecule has 2 aliphatic heterocycles. The summed E-state index contributed by atoms with van der Waals surface area (Å²) < 4.78 is 15.7. The second kappa shape index (κ2) is 4.08. The highest BCUT2D eigenvalue weighted by Gasteiger charge is 2.64. The van der Waals surface area contributed by atoms with Crippen LogP contribution in [0.5, 0.6) is 11.8 Å². The molecule has 3 atom stereocenters. The minimum Gasteiger partial charge on any atom is -0.494 e. The van der Waals surface area contributed by atoms with E-state index in [1.165, 1.54) is 4.57 Å². The quantitative estimate of drug-likeness (QED) is 0.625. The van der Waals surface area contributed by atoms with Crippen LogP contribution in [0.15, 0.2) is 18.2 Å². The van der Waals surface area contributed by atoms with Crippen molar-refractivity contribution in [2.24, 2.45) is 0 Å². The molecular formula is C16H15N3O4S. The third-order valence-corrected chi connectivity index (χ3v) is 5.85. The molecule has 0 amide bonds. The number of benzene rings is 1. The SMILES string of the molecule is C[C@@]12O[C@@](C)(C[C@H]1O)c1c2c(O)n(-c2ccc3nsnc3c2)c1O. The number of hydrogen-bond acceptors (Lipinski definition) is 7. The van der Waals surface area contributed by atoms with E-state index < -0.39 is 17.3 Å². The molecule has 0 spiro atoms. The molecule has 1 saturated heterocycles. The van der Waals surface area contributed by atoms with E-state index in [1.807, 2.05) is 6.92 Å². The van der Waals surface area contributed by atoms with Gasteiger partial charge in [-0.25, -0.2) is 0 Å². The predicted octanol–water partition coefficient (Wildman–Crippen LogP) is 2.12. The molecule has 24 heavy (non-hydrogen) atoms. The van der Waals surface area contributed by atoms with Crippen molar-refractivity contribution in [1.82, 2.24) is 13.3 Å². The summed E-state index contributed by atoms with van der Waals surface area (Å²) in [5.41, 5.74) is 1.20. The Hall–Kier alpha value is -2.16. The van der Waals surface area contributed by atoms with Crippen LogP contribution in [0, 0.1) is 0 Å². The minimum absolute atomic E-state index is 0.0665. The number of aromatic hydroxyl groups is 2. The van der Waals surface area contributed by atoms with Crippen LogP contribution in [0.4, 0.5) is 0 Å². The van der Waals surface area contributed by atoms with Gasteiger partial charge in [-0.1, -0.05) is 0 Å². The Balaban J connectivity index is 1.80. The summed E-state index contributed by atoms with van der Waals surface area (Å²) in [6.07, 6.45) is -0.357. The van der Waals surface area contributed by atoms with Crippen molar-refractivity contribution in [3.8, 4) is 17.4 Å². The number of hydrogen-bond donors (Lipinski definition) is 3. The van der Waals surface area contributed by atoms with E-state index in [2.05, 4.69) is 8.75 Å². The van der Waals surface area contributed by atoms with E-state index in [1.54, 1.807) is 25.1 Å². The van der Waals surface area contributed by atoms with Gasteiger partial charge in [0.1, 0.15) is 16.6 Å². The lowest BCUT2D eigenvalue weighted by molar-refractivity contribution is -0.0936. The second-order valence-corrected chi connectivity index (χ2v) is 7.36. The first-order valence-corrected chi connectivity index (χ1v) is 8.37. The lowest BCUT2D eigenvalue weighted by atomic mass is 9.78. The average Bonchev–Trinajstić information content (AvgIpc) is 3.19. The van der Waals surface area contributed by atoms with E-state index in [9.17, 15) is 15.3 Å². The van der Waals surface area contributed by atoms with E-state index >= 15 is 0 Å². The highest BCUT2D eigenvalue weighted by atomic mass is 32.1. The van der Waals surface area contributed by atoms with Gasteiger partial charge < -0.3 is 20.1 Å². The molecule has 8 heteroatoms. The third-order valence-electron chi connectivity index (χ3n) is 5.30. The molecule has 1 aromatic carbocycles. The molecule has 1 fully saturated rings. The molecule has 4 heterocycles. The topological polar surface area (TPSA) is 101 Å². The lowest BCUT2D eigenvalue weighted by Crippen LogP contribution is -2.32. The lowest BCUT2D eigenvalue weighted by Gasteiger charge is -2.25. The Morgan fingerprint density at radius 2 is 1.88 bits per heavy atom. The van der Waals surface area contributed by atoms with Gasteiger partial charge in [0.05, 0.1) is 40.2 Å². The first kappa shape index (κ1) is 14.2. The predicted molar refractivity (Wildman–Crippen MR) is 86.5 cm³/mol. The van der Waals surface area contributed by atoms with Gasteiger partial charge in [0.15, 0.2) is 0 Å². The number of aliphatic hydroxyl groups is 1. The summed E-state index contributed by atoms with van der Waals surface area (Å²) in [7, 11) is 0. The van der Waals surface area contributed by atoms with E-state index in [0.717, 1.165) is 17.2 Å². The monoisotopic (exact) mass is 345 g/mol. The molecular weight excluding hydrogens is 330 g/mol. The largest absolute Gasteiger partial charge is 0.494 e. The molecule has 0 aliphatic carbocycles. The number of ether oxygens (including phenoxy) is 1. The summed E-state index contributed by atoms with van der Waals surface area (Å²) in [5.74, 6) is -0.182. The molecule has 0 saturated carbocycles. The van der Waals surface area contributed by atoms with Crippen molar-refractivity contribution >= 4 is 22.8 Å². The van der Waals surface area contributed by atoms with Gasteiger partial charge in [-0.2, -0.15) is 8.75 Å². The number of nitrogens with zero attached hydrogens (tertiary/aromatic N) is 3. The van der Waals surface area contributed by atoms with Gasteiger partial charge in [0.25, 0.3) is 0 Å². The Morgan fingerprint density at radius 3 is 2.67 bits per heavy atom. The highest BCUT2D eigenvalue weighted by Crippen LogP contribution is 2.64. The number of aliphatic hydroxyl groups excluding tert-OH is 1. The zero-order chi connectivity index (χ0) is 16.9. The Bertz CT molecular complexity index is 1010. The van der Waals surface area contributed by atoms with Gasteiger partial charge in [0.2, 0.25) is 11.8 Å². The van der Waals surface area contributed by atoms with E-state index in [-0.39, 0.29) is 11.8 Å². The standard InChI is InChI=1S/C16H15N3O4S/c1-15-6-10(20)16(2,23-15)12-11(15)13(21)19(14(12)22)7-3-4-8-9(5-7)18-24-17-8/h3-5,10,20-22H,6H2,1-2H3/t10-,15+,16-/m1/s1. The molecule has 3 N–H and O–H groups in total. The molecule has 2 bridgehead atoms. The number of fused-ring (bicyclic) bond motifs is 6. The van der Waals surface area contributed by atoms with Crippen molar-refractivity contribution in [3.05, 3.63) is 29.3 Å². The molecule has 2 aliphatic rings. The molecule has 7 nitrogen and oxygen atoms in total. The van der Waals surface area contributed by atoms with Crippen LogP contribution in [0.25, 0.3) is 16.7 Å². The fraction of sp³-hybridized carbons (Fsp3) is 0.375. The van der Waals surface area contributed by atoms with Gasteiger partial charge in [0, 0.05) is 6.42 Å². The fourth-order valence-electron chi connectivity index (χ4n) is 4.18. The van der Waals surface area contributed by atoms with E-state index in [4.69, 9.17) is 4.74 Å². The van der Waals surface area contributed by atoms with Crippen LogP contribution < -0.4 is 0 Å². The fourth-order valence-corrected chi connectivity index (χ4v) is 4.70. The van der Waals surface area contributed by atoms with Crippen molar-refractivity contribution in [1.29, 1.82) is 0 Å². The summed E-state index contributed by atoms with van der Waals surface area (Å²) >= 11 is 1.11. The normalized spacial score (nSPS) is 31.0. The minimum atomic E-state index is -1.02. The maximum absolute atomic E-state index is 10.8. The smallest absolute Gasteiger partial charge is 0.205 e. The molecule has 2 aromatic heterocycles. The summed E-state index contributed by atoms with van der Waals surface area (Å²) in [6, 6.07) is 5.32. The molecule has 0 radical (unpaired) electrons. The van der Waals surface area contributed by atoms with Gasteiger partial charge >= 0.3 is 0 Å². The zero-order valence-electron chi connectivity index (χ0n) is 13.0. The first-order chi connectivity index (χ1) is 11.3. The molecule has 124 valence electrons. The van der Waals surface area contributed by atoms with Crippen molar-refractivity contribution < 1.29 is 20.1 Å². The Morgan fingerprint density at radius 1 is 1.17 bits per heavy atom. The van der Waals surface area contributed by atoms with Gasteiger partial charge in [-0.15, -0.1) is 0 Å². The van der Waals surface area contributed by atoms with Crippen LogP contribution in [0.2, 0.25) is 0 Å². The van der Waals surface area contributed by atoms with Crippen LogP contribution in [0.1, 0.15) is 31.4 Å². The van der Waals surface area contributed by atoms with Crippen LogP contribution in [-0.4, -0.2) is 34.7 Å². The average molecular weight is 345 g/mol. The molecule has 0 unspecified atom stereocenters. The van der Waals surface area contributed by atoms with Crippen molar-refractivity contribution in [2.75, 3.05) is 0 Å². The Labute approximate surface area is 141 Å². The van der Waals surface area contributed by atoms with Gasteiger partial charge in [-0.05, 0) is 32.0 Å². The Kier molecular flexibility index (Phi) is 2.41. The zero-order valence-corrected chi connectivity index (χ0v) is 13.8. The first-order valence-electron chi connectivity index (χ1n) is 7.64. The van der Waals surface area contributed by atoms with Crippen molar-refractivity contribution in [3.63, 3.8) is 0 Å². The number of rotatable bonds is 1. The van der Waals surface area contributed by atoms with Crippen LogP contribution in [-0.2, 0) is 15.9 Å². The molecule has 5 rings (SSSR count). The van der Waals surface area contributed by atoms with Crippen molar-refractivity contribution in [2.45, 2.75) is 37.6 Å². The molecule has 3 aromatic rings. The summed E-state index contributed by atoms with van der Waals surface area (Å²) in [5, 5.41) is 32.0. The van der Waals surface area contributed by atoms with Crippen LogP contribution >= 0.6 is 11.7 Å². The summed E-state index contributed by atoms with van der Waals surface area (Å²) in [4.78, 5) is 0. The summed E-state index contributed by atoms with van der Waals surface area (Å²) in [6.45, 7) is 3.57. The van der Waals surface area contributed by atoms with Gasteiger partial charge in [-0.3, -0.25) is 4.57 Å². The van der Waals surface area contributed by atoms with Crippen LogP contribution in [0.3, 0.4) is 0 Å². The maximum atomic E-state index is 10.8. The second-order valence-electron chi connectivity index (χ2n) is 6.83. The van der Waals surface area contributed by atoms with E-state index in [0.29, 0.717) is 28.8 Å². The third kappa shape index (κ3) is 1.44. The maximum Gasteiger partial charge on any atom is 0.205 e.